The molecule has 0 heterocycles. The van der Waals surface area contributed by atoms with Crippen molar-refractivity contribution in [3.63, 3.8) is 0 Å². The maximum atomic E-state index is 13.3. The molecule has 3 nitrogen and oxygen atoms in total. The Balaban J connectivity index is 2.44. The van der Waals surface area contributed by atoms with Crippen LogP contribution in [0.15, 0.2) is 18.2 Å². The summed E-state index contributed by atoms with van der Waals surface area (Å²) < 4.78 is 57.8. The summed E-state index contributed by atoms with van der Waals surface area (Å²) in [5.41, 5.74) is 0.446. The van der Waals surface area contributed by atoms with Crippen molar-refractivity contribution >= 4 is 0 Å². The Morgan fingerprint density at radius 3 is 2.53 bits per heavy atom. The van der Waals surface area contributed by atoms with Gasteiger partial charge in [-0.1, -0.05) is 6.07 Å². The summed E-state index contributed by atoms with van der Waals surface area (Å²) in [6.07, 6.45) is -5.56. The van der Waals surface area contributed by atoms with Crippen LogP contribution in [-0.4, -0.2) is 37.7 Å². The van der Waals surface area contributed by atoms with E-state index in [-0.39, 0.29) is 12.2 Å². The third kappa shape index (κ3) is 5.89. The first-order valence-corrected chi connectivity index (χ1v) is 5.47. The lowest BCUT2D eigenvalue weighted by molar-refractivity contribution is -0.179. The molecule has 1 aromatic rings. The van der Waals surface area contributed by atoms with Crippen LogP contribution in [0.5, 0.6) is 5.75 Å². The second-order valence-electron chi connectivity index (χ2n) is 3.96. The molecule has 0 saturated heterocycles. The fourth-order valence-electron chi connectivity index (χ4n) is 1.48. The monoisotopic (exact) mass is 282 g/mol. The molecule has 1 rings (SSSR count). The molecule has 0 radical (unpaired) electrons. The molecule has 1 unspecified atom stereocenters. The zero-order valence-electron chi connectivity index (χ0n) is 10.2. The maximum Gasteiger partial charge on any atom is 0.411 e. The average molecular weight is 282 g/mol. The van der Waals surface area contributed by atoms with Crippen LogP contribution >= 0.6 is 0 Å². The van der Waals surface area contributed by atoms with Gasteiger partial charge in [0.1, 0.15) is 6.61 Å². The molecule has 0 aromatic heterocycles. The zero-order valence-corrected chi connectivity index (χ0v) is 10.2. The number of hydrogen-bond acceptors (Lipinski definition) is 3. The lowest BCUT2D eigenvalue weighted by Crippen LogP contribution is -2.24. The Morgan fingerprint density at radius 1 is 1.32 bits per heavy atom. The molecule has 1 atom stereocenters. The van der Waals surface area contributed by atoms with E-state index in [4.69, 9.17) is 4.74 Å². The van der Waals surface area contributed by atoms with Crippen molar-refractivity contribution in [3.8, 4) is 5.75 Å². The van der Waals surface area contributed by atoms with Gasteiger partial charge in [0, 0.05) is 6.42 Å². The Morgan fingerprint density at radius 2 is 2.00 bits per heavy atom. The van der Waals surface area contributed by atoms with Gasteiger partial charge in [0.2, 0.25) is 0 Å². The maximum absolute atomic E-state index is 13.3. The van der Waals surface area contributed by atoms with Crippen LogP contribution in [0.1, 0.15) is 5.56 Å². The van der Waals surface area contributed by atoms with Crippen molar-refractivity contribution in [1.82, 2.24) is 0 Å². The fraction of sp³-hybridized carbons (Fsp3) is 0.500. The third-order valence-electron chi connectivity index (χ3n) is 2.26. The molecule has 0 aliphatic carbocycles. The highest BCUT2D eigenvalue weighted by Crippen LogP contribution is 2.19. The number of hydrogen-bond donors (Lipinski definition) is 1. The molecule has 0 spiro atoms. The minimum atomic E-state index is -4.42. The number of benzene rings is 1. The summed E-state index contributed by atoms with van der Waals surface area (Å²) in [6, 6.07) is 4.06. The number of halogens is 4. The van der Waals surface area contributed by atoms with E-state index in [1.807, 2.05) is 0 Å². The lowest BCUT2D eigenvalue weighted by Gasteiger charge is -2.13. The van der Waals surface area contributed by atoms with Gasteiger partial charge < -0.3 is 14.6 Å². The van der Waals surface area contributed by atoms with Gasteiger partial charge in [0.15, 0.2) is 11.6 Å². The summed E-state index contributed by atoms with van der Waals surface area (Å²) in [6.45, 7) is -1.88. The molecule has 1 aromatic carbocycles. The number of aliphatic hydroxyl groups is 1. The van der Waals surface area contributed by atoms with Crippen molar-refractivity contribution in [2.24, 2.45) is 0 Å². The largest absolute Gasteiger partial charge is 0.494 e. The molecule has 108 valence electrons. The third-order valence-corrected chi connectivity index (χ3v) is 2.26. The van der Waals surface area contributed by atoms with Crippen molar-refractivity contribution in [3.05, 3.63) is 29.6 Å². The van der Waals surface area contributed by atoms with Crippen molar-refractivity contribution < 1.29 is 32.1 Å². The van der Waals surface area contributed by atoms with E-state index in [2.05, 4.69) is 4.74 Å². The summed E-state index contributed by atoms with van der Waals surface area (Å²) in [4.78, 5) is 0. The van der Waals surface area contributed by atoms with E-state index < -0.39 is 31.3 Å². The van der Waals surface area contributed by atoms with E-state index >= 15 is 0 Å². The molecule has 0 saturated carbocycles. The van der Waals surface area contributed by atoms with Crippen LogP contribution in [0.25, 0.3) is 0 Å². The lowest BCUT2D eigenvalue weighted by atomic mass is 10.1. The van der Waals surface area contributed by atoms with E-state index in [9.17, 15) is 22.7 Å². The summed E-state index contributed by atoms with van der Waals surface area (Å²) in [7, 11) is 1.32. The van der Waals surface area contributed by atoms with Crippen LogP contribution in [0.4, 0.5) is 17.6 Å². The van der Waals surface area contributed by atoms with Crippen LogP contribution in [0, 0.1) is 5.82 Å². The quantitative estimate of drug-likeness (QED) is 0.814. The number of aliphatic hydroxyl groups excluding tert-OH is 1. The first kappa shape index (κ1) is 15.7. The molecule has 1 N–H and O–H groups in total. The molecule has 7 heteroatoms. The van der Waals surface area contributed by atoms with Crippen molar-refractivity contribution in [2.75, 3.05) is 20.3 Å². The van der Waals surface area contributed by atoms with E-state index in [1.54, 1.807) is 0 Å². The van der Waals surface area contributed by atoms with Gasteiger partial charge in [0.25, 0.3) is 0 Å². The Bertz CT molecular complexity index is 406. The van der Waals surface area contributed by atoms with Crippen molar-refractivity contribution in [2.45, 2.75) is 18.7 Å². The Labute approximate surface area is 107 Å². The zero-order chi connectivity index (χ0) is 14.5. The number of ether oxygens (including phenoxy) is 2. The highest BCUT2D eigenvalue weighted by atomic mass is 19.4. The average Bonchev–Trinajstić information content (AvgIpc) is 2.27. The van der Waals surface area contributed by atoms with Crippen LogP contribution in [0.3, 0.4) is 0 Å². The van der Waals surface area contributed by atoms with E-state index in [0.717, 1.165) is 6.07 Å². The van der Waals surface area contributed by atoms with Gasteiger partial charge in [-0.05, 0) is 17.7 Å². The van der Waals surface area contributed by atoms with Gasteiger partial charge in [0.05, 0.1) is 19.8 Å². The summed E-state index contributed by atoms with van der Waals surface area (Å²) in [5, 5.41) is 9.47. The molecule has 0 amide bonds. The Kier molecular flexibility index (Phi) is 5.56. The van der Waals surface area contributed by atoms with Crippen molar-refractivity contribution in [1.29, 1.82) is 0 Å². The molecule has 19 heavy (non-hydrogen) atoms. The molecular formula is C12H14F4O3. The normalized spacial score (nSPS) is 13.4. The molecule has 0 aliphatic rings. The smallest absolute Gasteiger partial charge is 0.411 e. The van der Waals surface area contributed by atoms with Crippen LogP contribution in [-0.2, 0) is 11.2 Å². The van der Waals surface area contributed by atoms with Gasteiger partial charge >= 0.3 is 6.18 Å². The standard InChI is InChI=1S/C12H14F4O3/c1-18-11-3-2-8(5-10(11)13)4-9(17)6-19-7-12(14,15)16/h2-3,5,9,17H,4,6-7H2,1H3. The number of alkyl halides is 3. The first-order valence-electron chi connectivity index (χ1n) is 5.47. The summed E-state index contributed by atoms with van der Waals surface area (Å²) >= 11 is 0. The van der Waals surface area contributed by atoms with Gasteiger partial charge in [-0.3, -0.25) is 0 Å². The molecular weight excluding hydrogens is 268 g/mol. The van der Waals surface area contributed by atoms with Crippen LogP contribution in [0.2, 0.25) is 0 Å². The molecule has 0 bridgehead atoms. The highest BCUT2D eigenvalue weighted by molar-refractivity contribution is 5.29. The first-order chi connectivity index (χ1) is 8.81. The SMILES string of the molecule is COc1ccc(CC(O)COCC(F)(F)F)cc1F. The minimum absolute atomic E-state index is 0.00122. The van der Waals surface area contributed by atoms with E-state index in [1.165, 1.54) is 19.2 Å². The fourth-order valence-corrected chi connectivity index (χ4v) is 1.48. The predicted molar refractivity (Wildman–Crippen MR) is 59.5 cm³/mol. The van der Waals surface area contributed by atoms with Crippen LogP contribution < -0.4 is 4.74 Å². The van der Waals surface area contributed by atoms with E-state index in [0.29, 0.717) is 5.56 Å². The predicted octanol–water partition coefficient (Wildman–Crippen LogP) is 2.32. The topological polar surface area (TPSA) is 38.7 Å². The highest BCUT2D eigenvalue weighted by Gasteiger charge is 2.27. The number of rotatable bonds is 6. The molecule has 0 fully saturated rings. The second kappa shape index (κ2) is 6.72. The number of methoxy groups -OCH3 is 1. The van der Waals surface area contributed by atoms with Gasteiger partial charge in [-0.15, -0.1) is 0 Å². The minimum Gasteiger partial charge on any atom is -0.494 e. The van der Waals surface area contributed by atoms with Gasteiger partial charge in [-0.25, -0.2) is 4.39 Å². The Hall–Kier alpha value is -1.34. The summed E-state index contributed by atoms with van der Waals surface area (Å²) in [5.74, 6) is -0.532. The molecule has 0 aliphatic heterocycles. The van der Waals surface area contributed by atoms with Gasteiger partial charge in [-0.2, -0.15) is 13.2 Å². The second-order valence-corrected chi connectivity index (χ2v) is 3.96.